The van der Waals surface area contributed by atoms with Crippen molar-refractivity contribution in [2.45, 2.75) is 119 Å². The van der Waals surface area contributed by atoms with Crippen molar-refractivity contribution in [1.82, 2.24) is 5.32 Å². The van der Waals surface area contributed by atoms with Gasteiger partial charge in [0.15, 0.2) is 5.71 Å². The van der Waals surface area contributed by atoms with Gasteiger partial charge in [0.1, 0.15) is 39.9 Å². The Morgan fingerprint density at radius 3 is 2.13 bits per heavy atom. The van der Waals surface area contributed by atoms with Crippen LogP contribution in [-0.4, -0.2) is 107 Å². The highest BCUT2D eigenvalue weighted by atomic mass is 32.2. The van der Waals surface area contributed by atoms with Crippen LogP contribution in [0.1, 0.15) is 110 Å². The number of amides is 1. The van der Waals surface area contributed by atoms with Crippen molar-refractivity contribution in [2.75, 3.05) is 58.8 Å². The van der Waals surface area contributed by atoms with Gasteiger partial charge in [0.25, 0.3) is 0 Å². The molecule has 330 valence electrons. The third-order valence-corrected chi connectivity index (χ3v) is 14.2. The summed E-state index contributed by atoms with van der Waals surface area (Å²) in [4.78, 5) is 27.5. The number of unbranched alkanes of at least 4 members (excludes halogenated alkanes) is 2. The van der Waals surface area contributed by atoms with Gasteiger partial charge < -0.3 is 28.5 Å². The number of hydrogen-bond donors (Lipinski definition) is 1. The molecule has 0 unspecified atom stereocenters. The SMILES string of the molecule is CCN1/C(=C/C=C/C2=[N+](CCCCCC(=O)NCC3(CC(=O)OCC[N+](C)(C)C)CCCCC3)c3ccc(S(=O)(=O)[O-])cc3C2(C)C)C(C)(C)c2cc(S(=O)(=O)[O-])ccc21. The number of quaternary nitrogens is 1. The molecule has 0 atom stereocenters. The van der Waals surface area contributed by atoms with E-state index in [2.05, 4.69) is 35.9 Å². The number of esters is 1. The van der Waals surface area contributed by atoms with Crippen LogP contribution in [0.4, 0.5) is 11.4 Å². The van der Waals surface area contributed by atoms with Gasteiger partial charge in [-0.15, -0.1) is 0 Å². The van der Waals surface area contributed by atoms with Crippen LogP contribution in [0.5, 0.6) is 0 Å². The Balaban J connectivity index is 1.29. The highest BCUT2D eigenvalue weighted by molar-refractivity contribution is 7.86. The van der Waals surface area contributed by atoms with Gasteiger partial charge in [0, 0.05) is 60.4 Å². The highest BCUT2D eigenvalue weighted by Gasteiger charge is 2.45. The molecule has 2 heterocycles. The Bertz CT molecular complexity index is 2260. The summed E-state index contributed by atoms with van der Waals surface area (Å²) in [6.45, 7) is 12.7. The number of likely N-dealkylation sites (N-methyl/N-ethyl adjacent to an activating group) is 2. The zero-order valence-corrected chi connectivity index (χ0v) is 38.3. The van der Waals surface area contributed by atoms with E-state index in [1.807, 2.05) is 52.8 Å². The van der Waals surface area contributed by atoms with Gasteiger partial charge in [-0.2, -0.15) is 4.58 Å². The maximum Gasteiger partial charge on any atom is 0.306 e. The zero-order chi connectivity index (χ0) is 44.3. The first-order chi connectivity index (χ1) is 27.9. The lowest BCUT2D eigenvalue weighted by molar-refractivity contribution is -0.870. The molecule has 0 bridgehead atoms. The fourth-order valence-electron chi connectivity index (χ4n) is 9.05. The number of ether oxygens (including phenoxy) is 1. The number of carbonyl (C=O) groups excluding carboxylic acids is 2. The summed E-state index contributed by atoms with van der Waals surface area (Å²) in [6.07, 6.45) is 13.7. The van der Waals surface area contributed by atoms with Crippen molar-refractivity contribution in [3.63, 3.8) is 0 Å². The van der Waals surface area contributed by atoms with Gasteiger partial charge in [0.2, 0.25) is 11.6 Å². The van der Waals surface area contributed by atoms with Crippen molar-refractivity contribution < 1.29 is 49.3 Å². The molecule has 60 heavy (non-hydrogen) atoms. The summed E-state index contributed by atoms with van der Waals surface area (Å²) >= 11 is 0. The maximum atomic E-state index is 13.1. The van der Waals surface area contributed by atoms with Crippen LogP contribution in [0, 0.1) is 5.41 Å². The number of allylic oxidation sites excluding steroid dienone is 4. The van der Waals surface area contributed by atoms with E-state index < -0.39 is 31.1 Å². The molecule has 0 radical (unpaired) electrons. The number of nitrogens with zero attached hydrogens (tertiary/aromatic N) is 3. The van der Waals surface area contributed by atoms with Crippen LogP contribution < -0.4 is 10.2 Å². The quantitative estimate of drug-likeness (QED) is 0.0581. The van der Waals surface area contributed by atoms with E-state index in [1.165, 1.54) is 24.3 Å². The Morgan fingerprint density at radius 2 is 1.52 bits per heavy atom. The molecule has 1 amide bonds. The Kier molecular flexibility index (Phi) is 14.3. The minimum Gasteiger partial charge on any atom is -0.744 e. The summed E-state index contributed by atoms with van der Waals surface area (Å²) < 4.78 is 80.3. The lowest BCUT2D eigenvalue weighted by Gasteiger charge is -2.36. The van der Waals surface area contributed by atoms with E-state index in [1.54, 1.807) is 12.1 Å². The largest absolute Gasteiger partial charge is 0.744 e. The molecular weight excluding hydrogens is 805 g/mol. The minimum absolute atomic E-state index is 0.0374. The van der Waals surface area contributed by atoms with Crippen molar-refractivity contribution in [2.24, 2.45) is 5.41 Å². The van der Waals surface area contributed by atoms with Crippen LogP contribution >= 0.6 is 0 Å². The molecule has 1 N–H and O–H groups in total. The second-order valence-electron chi connectivity index (χ2n) is 18.8. The molecular formula is C45H64N4O9S2. The number of rotatable bonds is 18. The summed E-state index contributed by atoms with van der Waals surface area (Å²) in [5.41, 5.74) is 3.34. The molecule has 1 fully saturated rings. The van der Waals surface area contributed by atoms with Crippen LogP contribution in [0.25, 0.3) is 0 Å². The van der Waals surface area contributed by atoms with Crippen LogP contribution in [0.15, 0.2) is 70.1 Å². The lowest BCUT2D eigenvalue weighted by Crippen LogP contribution is -2.41. The summed E-state index contributed by atoms with van der Waals surface area (Å²) in [6, 6.07) is 8.99. The molecule has 2 aromatic carbocycles. The monoisotopic (exact) mass is 868 g/mol. The normalized spacial score (nSPS) is 19.2. The Hall–Kier alpha value is -3.89. The number of anilines is 1. The lowest BCUT2D eigenvalue weighted by atomic mass is 9.71. The summed E-state index contributed by atoms with van der Waals surface area (Å²) in [5, 5.41) is 3.14. The summed E-state index contributed by atoms with van der Waals surface area (Å²) in [7, 11) is -3.16. The Labute approximate surface area is 357 Å². The summed E-state index contributed by atoms with van der Waals surface area (Å²) in [5.74, 6) is -0.241. The molecule has 5 rings (SSSR count). The second-order valence-corrected chi connectivity index (χ2v) is 21.5. The van der Waals surface area contributed by atoms with E-state index in [-0.39, 0.29) is 27.1 Å². The molecule has 1 saturated carbocycles. The van der Waals surface area contributed by atoms with Gasteiger partial charge in [-0.3, -0.25) is 9.59 Å². The molecule has 15 heteroatoms. The molecule has 2 aromatic rings. The van der Waals surface area contributed by atoms with E-state index >= 15 is 0 Å². The maximum absolute atomic E-state index is 13.1. The third-order valence-electron chi connectivity index (χ3n) is 12.5. The standard InChI is InChI=1S/C45H64N4O9S2/c1-9-47-37-22-20-33(59(52,53)54)29-35(37)43(2,3)39(47)17-16-18-40-44(4,5)36-30-34(60(55,56)57)21-23-38(36)48(40)26-15-10-12-19-41(50)46-32-45(24-13-11-14-25-45)31-42(51)58-28-27-49(6,7)8/h16-18,20-23,29-30H,9-15,19,24-28,31-32H2,1-8H3,(H-2,46,50,52,53,54,55,56,57). The van der Waals surface area contributed by atoms with Gasteiger partial charge in [-0.25, -0.2) is 16.8 Å². The molecule has 0 spiro atoms. The highest BCUT2D eigenvalue weighted by Crippen LogP contribution is 2.48. The minimum atomic E-state index is -4.69. The van der Waals surface area contributed by atoms with Gasteiger partial charge in [-0.1, -0.05) is 39.2 Å². The second kappa shape index (κ2) is 18.2. The van der Waals surface area contributed by atoms with Crippen LogP contribution in [-0.2, 0) is 45.4 Å². The molecule has 3 aliphatic rings. The third kappa shape index (κ3) is 10.9. The smallest absolute Gasteiger partial charge is 0.306 e. The average Bonchev–Trinajstić information content (AvgIpc) is 3.50. The predicted octanol–water partition coefficient (Wildman–Crippen LogP) is 6.40. The number of fused-ring (bicyclic) bond motifs is 2. The fourth-order valence-corrected chi connectivity index (χ4v) is 10.0. The first-order valence-electron chi connectivity index (χ1n) is 21.1. The van der Waals surface area contributed by atoms with Gasteiger partial charge in [-0.05, 0) is 93.8 Å². The first-order valence-corrected chi connectivity index (χ1v) is 24.0. The van der Waals surface area contributed by atoms with Crippen molar-refractivity contribution in [3.05, 3.63) is 71.5 Å². The molecule has 0 saturated heterocycles. The van der Waals surface area contributed by atoms with E-state index in [0.29, 0.717) is 50.0 Å². The van der Waals surface area contributed by atoms with E-state index in [9.17, 15) is 35.5 Å². The van der Waals surface area contributed by atoms with Gasteiger partial charge >= 0.3 is 5.97 Å². The average molecular weight is 869 g/mol. The molecule has 2 aliphatic heterocycles. The van der Waals surface area contributed by atoms with Crippen LogP contribution in [0.3, 0.4) is 0 Å². The molecule has 1 aliphatic carbocycles. The molecule has 13 nitrogen and oxygen atoms in total. The fraction of sp³-hybridized carbons (Fsp3) is 0.578. The number of benzene rings is 2. The topological polar surface area (TPSA) is 176 Å². The number of hydrogen-bond acceptors (Lipinski definition) is 10. The predicted molar refractivity (Wildman–Crippen MR) is 230 cm³/mol. The van der Waals surface area contributed by atoms with Crippen molar-refractivity contribution in [3.8, 4) is 0 Å². The van der Waals surface area contributed by atoms with E-state index in [4.69, 9.17) is 4.74 Å². The Morgan fingerprint density at radius 1 is 0.883 bits per heavy atom. The van der Waals surface area contributed by atoms with E-state index in [0.717, 1.165) is 85.4 Å². The van der Waals surface area contributed by atoms with Crippen molar-refractivity contribution >= 4 is 49.2 Å². The molecule has 0 aromatic heterocycles. The number of nitrogens with one attached hydrogen (secondary N) is 1. The van der Waals surface area contributed by atoms with Crippen LogP contribution in [0.2, 0.25) is 0 Å². The van der Waals surface area contributed by atoms with Crippen molar-refractivity contribution in [1.29, 1.82) is 0 Å². The first kappa shape index (κ1) is 47.2. The zero-order valence-electron chi connectivity index (χ0n) is 36.6. The number of carbonyl (C=O) groups is 2. The van der Waals surface area contributed by atoms with Gasteiger partial charge in [0.05, 0.1) is 42.8 Å².